The minimum atomic E-state index is -0.00850. The molecule has 3 aromatic carbocycles. The number of methoxy groups -OCH3 is 1. The minimum absolute atomic E-state index is 0.00850. The first kappa shape index (κ1) is 20.2. The summed E-state index contributed by atoms with van der Waals surface area (Å²) in [5.41, 5.74) is 2.41. The zero-order valence-corrected chi connectivity index (χ0v) is 17.7. The monoisotopic (exact) mass is 435 g/mol. The Bertz CT molecular complexity index is 1160. The number of ether oxygens (including phenoxy) is 1. The van der Waals surface area contributed by atoms with Crippen LogP contribution in [0.5, 0.6) is 5.75 Å². The predicted molar refractivity (Wildman–Crippen MR) is 120 cm³/mol. The number of benzene rings is 3. The van der Waals surface area contributed by atoms with Crippen molar-refractivity contribution in [3.8, 4) is 22.8 Å². The van der Waals surface area contributed by atoms with Crippen LogP contribution in [0.4, 0.5) is 0 Å². The summed E-state index contributed by atoms with van der Waals surface area (Å²) < 4.78 is 7.15. The van der Waals surface area contributed by atoms with Crippen molar-refractivity contribution in [2.24, 2.45) is 0 Å². The van der Waals surface area contributed by atoms with Gasteiger partial charge < -0.3 is 4.74 Å². The Labute approximate surface area is 183 Å². The van der Waals surface area contributed by atoms with Gasteiger partial charge in [-0.1, -0.05) is 65.8 Å². The summed E-state index contributed by atoms with van der Waals surface area (Å²) in [6.45, 7) is 0. The SMILES string of the molecule is COc1cccc(C(=O)CSc2nnc(-c3ccccc3)n2-c2ccc(Cl)cc2)c1. The van der Waals surface area contributed by atoms with Gasteiger partial charge in [0.1, 0.15) is 5.75 Å². The lowest BCUT2D eigenvalue weighted by atomic mass is 10.1. The molecule has 5 nitrogen and oxygen atoms in total. The van der Waals surface area contributed by atoms with Crippen LogP contribution in [0, 0.1) is 0 Å². The summed E-state index contributed by atoms with van der Waals surface area (Å²) in [4.78, 5) is 12.7. The number of halogens is 1. The van der Waals surface area contributed by atoms with Crippen LogP contribution >= 0.6 is 23.4 Å². The zero-order chi connectivity index (χ0) is 20.9. The third-order valence-electron chi connectivity index (χ3n) is 4.47. The molecule has 150 valence electrons. The second-order valence-electron chi connectivity index (χ2n) is 6.43. The van der Waals surface area contributed by atoms with Crippen molar-refractivity contribution in [1.82, 2.24) is 14.8 Å². The number of hydrogen-bond acceptors (Lipinski definition) is 5. The molecular formula is C23H18ClN3O2S. The average molecular weight is 436 g/mol. The van der Waals surface area contributed by atoms with E-state index in [9.17, 15) is 4.79 Å². The van der Waals surface area contributed by atoms with Crippen molar-refractivity contribution in [1.29, 1.82) is 0 Å². The van der Waals surface area contributed by atoms with Crippen molar-refractivity contribution in [2.75, 3.05) is 12.9 Å². The van der Waals surface area contributed by atoms with Gasteiger partial charge >= 0.3 is 0 Å². The van der Waals surface area contributed by atoms with Gasteiger partial charge in [0.25, 0.3) is 0 Å². The Morgan fingerprint density at radius 1 is 1.00 bits per heavy atom. The van der Waals surface area contributed by atoms with Crippen LogP contribution in [-0.2, 0) is 0 Å². The van der Waals surface area contributed by atoms with Gasteiger partial charge in [-0.15, -0.1) is 10.2 Å². The first-order valence-electron chi connectivity index (χ1n) is 9.22. The highest BCUT2D eigenvalue weighted by Crippen LogP contribution is 2.29. The minimum Gasteiger partial charge on any atom is -0.497 e. The van der Waals surface area contributed by atoms with E-state index in [0.717, 1.165) is 11.3 Å². The Morgan fingerprint density at radius 3 is 2.50 bits per heavy atom. The van der Waals surface area contributed by atoms with Crippen LogP contribution in [0.1, 0.15) is 10.4 Å². The van der Waals surface area contributed by atoms with Gasteiger partial charge in [-0.05, 0) is 36.4 Å². The first-order valence-corrected chi connectivity index (χ1v) is 10.6. The number of ketones is 1. The number of nitrogens with zero attached hydrogens (tertiary/aromatic N) is 3. The molecular weight excluding hydrogens is 418 g/mol. The summed E-state index contributed by atoms with van der Waals surface area (Å²) in [6.07, 6.45) is 0. The molecule has 0 saturated carbocycles. The molecule has 0 amide bonds. The molecule has 0 unspecified atom stereocenters. The van der Waals surface area contributed by atoms with Crippen molar-refractivity contribution in [2.45, 2.75) is 5.16 Å². The molecule has 30 heavy (non-hydrogen) atoms. The predicted octanol–water partition coefficient (Wildman–Crippen LogP) is 5.57. The van der Waals surface area contributed by atoms with Gasteiger partial charge in [0.15, 0.2) is 16.8 Å². The standard InChI is InChI=1S/C23H18ClN3O2S/c1-29-20-9-5-8-17(14-20)21(28)15-30-23-26-25-22(16-6-3-2-4-7-16)27(23)19-12-10-18(24)11-13-19/h2-14H,15H2,1H3. The Balaban J connectivity index is 1.65. The molecule has 0 N–H and O–H groups in total. The normalized spacial score (nSPS) is 10.7. The molecule has 1 heterocycles. The van der Waals surface area contributed by atoms with E-state index in [1.54, 1.807) is 25.3 Å². The quantitative estimate of drug-likeness (QED) is 0.280. The molecule has 4 aromatic rings. The third kappa shape index (κ3) is 4.40. The molecule has 4 rings (SSSR count). The number of rotatable bonds is 7. The molecule has 0 aliphatic heterocycles. The maximum Gasteiger partial charge on any atom is 0.196 e. The van der Waals surface area contributed by atoms with Crippen molar-refractivity contribution in [3.05, 3.63) is 89.4 Å². The fourth-order valence-electron chi connectivity index (χ4n) is 2.97. The molecule has 0 spiro atoms. The lowest BCUT2D eigenvalue weighted by molar-refractivity contribution is 0.102. The fraction of sp³-hybridized carbons (Fsp3) is 0.0870. The van der Waals surface area contributed by atoms with Crippen LogP contribution in [-0.4, -0.2) is 33.4 Å². The Morgan fingerprint density at radius 2 is 1.77 bits per heavy atom. The van der Waals surface area contributed by atoms with Crippen LogP contribution in [0.2, 0.25) is 5.02 Å². The third-order valence-corrected chi connectivity index (χ3v) is 5.66. The molecule has 7 heteroatoms. The lowest BCUT2D eigenvalue weighted by Crippen LogP contribution is -2.05. The van der Waals surface area contributed by atoms with E-state index in [1.165, 1.54) is 11.8 Å². The maximum absolute atomic E-state index is 12.7. The second-order valence-corrected chi connectivity index (χ2v) is 7.81. The molecule has 1 aromatic heterocycles. The van der Waals surface area contributed by atoms with Crippen LogP contribution in [0.25, 0.3) is 17.1 Å². The number of hydrogen-bond donors (Lipinski definition) is 0. The number of Topliss-reactive ketones (excluding diaryl/α,β-unsaturated/α-hetero) is 1. The van der Waals surface area contributed by atoms with E-state index in [1.807, 2.05) is 65.2 Å². The highest BCUT2D eigenvalue weighted by Gasteiger charge is 2.18. The van der Waals surface area contributed by atoms with Crippen molar-refractivity contribution < 1.29 is 9.53 Å². The maximum atomic E-state index is 12.7. The summed E-state index contributed by atoms with van der Waals surface area (Å²) in [6, 6.07) is 24.4. The average Bonchev–Trinajstić information content (AvgIpc) is 3.22. The Kier molecular flexibility index (Phi) is 6.16. The molecule has 0 aliphatic rings. The van der Waals surface area contributed by atoms with E-state index < -0.39 is 0 Å². The number of thioether (sulfide) groups is 1. The Hall–Kier alpha value is -3.09. The van der Waals surface area contributed by atoms with Gasteiger partial charge in [0, 0.05) is 21.8 Å². The number of carbonyl (C=O) groups excluding carboxylic acids is 1. The molecule has 0 saturated heterocycles. The van der Waals surface area contributed by atoms with Crippen molar-refractivity contribution >= 4 is 29.1 Å². The van der Waals surface area contributed by atoms with Crippen LogP contribution in [0.3, 0.4) is 0 Å². The van der Waals surface area contributed by atoms with E-state index in [-0.39, 0.29) is 11.5 Å². The van der Waals surface area contributed by atoms with Crippen molar-refractivity contribution in [3.63, 3.8) is 0 Å². The number of carbonyl (C=O) groups is 1. The molecule has 0 radical (unpaired) electrons. The zero-order valence-electron chi connectivity index (χ0n) is 16.2. The van der Waals surface area contributed by atoms with E-state index >= 15 is 0 Å². The van der Waals surface area contributed by atoms with Crippen LogP contribution < -0.4 is 4.74 Å². The summed E-state index contributed by atoms with van der Waals surface area (Å²) >= 11 is 7.41. The van der Waals surface area contributed by atoms with E-state index in [4.69, 9.17) is 16.3 Å². The first-order chi connectivity index (χ1) is 14.7. The van der Waals surface area contributed by atoms with Gasteiger partial charge in [0.2, 0.25) is 0 Å². The number of aromatic nitrogens is 3. The summed E-state index contributed by atoms with van der Waals surface area (Å²) in [5.74, 6) is 1.58. The molecule has 0 atom stereocenters. The summed E-state index contributed by atoms with van der Waals surface area (Å²) in [5, 5.41) is 10.0. The second kappa shape index (κ2) is 9.15. The van der Waals surface area contributed by atoms with E-state index in [0.29, 0.717) is 27.3 Å². The molecule has 0 fully saturated rings. The van der Waals surface area contributed by atoms with Gasteiger partial charge in [-0.3, -0.25) is 9.36 Å². The van der Waals surface area contributed by atoms with Gasteiger partial charge in [-0.25, -0.2) is 0 Å². The van der Waals surface area contributed by atoms with Gasteiger partial charge in [-0.2, -0.15) is 0 Å². The largest absolute Gasteiger partial charge is 0.497 e. The fourth-order valence-corrected chi connectivity index (χ4v) is 3.94. The van der Waals surface area contributed by atoms with E-state index in [2.05, 4.69) is 10.2 Å². The topological polar surface area (TPSA) is 57.0 Å². The summed E-state index contributed by atoms with van der Waals surface area (Å²) in [7, 11) is 1.58. The van der Waals surface area contributed by atoms with Crippen LogP contribution in [0.15, 0.2) is 84.0 Å². The lowest BCUT2D eigenvalue weighted by Gasteiger charge is -2.10. The smallest absolute Gasteiger partial charge is 0.196 e. The highest BCUT2D eigenvalue weighted by atomic mass is 35.5. The van der Waals surface area contributed by atoms with Gasteiger partial charge in [0.05, 0.1) is 12.9 Å². The molecule has 0 aliphatic carbocycles. The highest BCUT2D eigenvalue weighted by molar-refractivity contribution is 7.99. The molecule has 0 bridgehead atoms.